The first-order chi connectivity index (χ1) is 3.85. The van der Waals surface area contributed by atoms with Crippen molar-refractivity contribution < 1.29 is 4.79 Å². The Kier molecular flexibility index (Phi) is 2.99. The molecule has 0 aromatic carbocycles. The zero-order valence-electron chi connectivity index (χ0n) is 5.39. The topological polar surface area (TPSA) is 43.1 Å². The van der Waals surface area contributed by atoms with Crippen molar-refractivity contribution in [2.75, 3.05) is 0 Å². The van der Waals surface area contributed by atoms with Gasteiger partial charge in [0.2, 0.25) is 5.24 Å². The van der Waals surface area contributed by atoms with E-state index < -0.39 is 16.0 Å². The molecule has 0 saturated heterocycles. The Morgan fingerprint density at radius 2 is 2.11 bits per heavy atom. The minimum absolute atomic E-state index is 0.529. The Labute approximate surface area is 65.2 Å². The molecule has 0 rings (SSSR count). The summed E-state index contributed by atoms with van der Waals surface area (Å²) in [6.07, 6.45) is 0. The number of nitrogens with two attached hydrogens (primary N) is 1. The van der Waals surface area contributed by atoms with Crippen molar-refractivity contribution in [3.05, 3.63) is 0 Å². The van der Waals surface area contributed by atoms with E-state index in [0.717, 1.165) is 0 Å². The van der Waals surface area contributed by atoms with E-state index in [1.165, 1.54) is 0 Å². The van der Waals surface area contributed by atoms with Gasteiger partial charge in [-0.2, -0.15) is 12.6 Å². The second-order valence-corrected chi connectivity index (χ2v) is 3.96. The van der Waals surface area contributed by atoms with E-state index in [9.17, 15) is 4.79 Å². The predicted molar refractivity (Wildman–Crippen MR) is 41.9 cm³/mol. The van der Waals surface area contributed by atoms with Crippen LogP contribution in [0.5, 0.6) is 0 Å². The second-order valence-electron chi connectivity index (χ2n) is 2.44. The molecule has 0 spiro atoms. The molecule has 0 radical (unpaired) electrons. The Balaban J connectivity index is 4.04. The fraction of sp³-hybridized carbons (Fsp3) is 0.800. The highest BCUT2D eigenvalue weighted by Gasteiger charge is 2.26. The van der Waals surface area contributed by atoms with Crippen LogP contribution in [0.2, 0.25) is 0 Å². The molecular weight excluding hydrogens is 158 g/mol. The largest absolute Gasteiger partial charge is 0.319 e. The van der Waals surface area contributed by atoms with Crippen LogP contribution in [0.3, 0.4) is 0 Å². The summed E-state index contributed by atoms with van der Waals surface area (Å²) >= 11 is 9.16. The summed E-state index contributed by atoms with van der Waals surface area (Å²) in [6.45, 7) is 3.47. The van der Waals surface area contributed by atoms with Crippen LogP contribution in [0, 0.1) is 0 Å². The van der Waals surface area contributed by atoms with Gasteiger partial charge in [-0.1, -0.05) is 0 Å². The zero-order valence-corrected chi connectivity index (χ0v) is 7.04. The molecule has 0 bridgehead atoms. The van der Waals surface area contributed by atoms with E-state index >= 15 is 0 Å². The van der Waals surface area contributed by atoms with Crippen LogP contribution in [0.25, 0.3) is 0 Å². The van der Waals surface area contributed by atoms with Crippen molar-refractivity contribution in [1.29, 1.82) is 0 Å². The molecule has 0 aromatic heterocycles. The third-order valence-corrected chi connectivity index (χ3v) is 1.52. The molecule has 0 heterocycles. The van der Waals surface area contributed by atoms with Gasteiger partial charge in [-0.05, 0) is 25.4 Å². The maximum Gasteiger partial charge on any atom is 0.239 e. The molecule has 4 heteroatoms. The third-order valence-electron chi connectivity index (χ3n) is 1.01. The highest BCUT2D eigenvalue weighted by molar-refractivity contribution is 7.81. The molecule has 0 unspecified atom stereocenters. The second kappa shape index (κ2) is 2.90. The minimum atomic E-state index is -0.692. The van der Waals surface area contributed by atoms with Crippen LogP contribution in [0.1, 0.15) is 13.8 Å². The molecule has 0 aliphatic carbocycles. The molecule has 0 amide bonds. The standard InChI is InChI=1S/C5H10ClNOS/c1-5(2,9)3(7)4(6)8/h3,9H,7H2,1-2H3/t3-/m1/s1. The van der Waals surface area contributed by atoms with E-state index in [0.29, 0.717) is 0 Å². The summed E-state index contributed by atoms with van der Waals surface area (Å²) in [5, 5.41) is -0.546. The SMILES string of the molecule is CC(C)(S)[C@H](N)C(=O)Cl. The van der Waals surface area contributed by atoms with Gasteiger partial charge in [-0.15, -0.1) is 0 Å². The smallest absolute Gasteiger partial charge is 0.239 e. The Morgan fingerprint density at radius 1 is 1.78 bits per heavy atom. The Bertz CT molecular complexity index is 121. The first-order valence-electron chi connectivity index (χ1n) is 2.53. The lowest BCUT2D eigenvalue weighted by Crippen LogP contribution is -2.43. The van der Waals surface area contributed by atoms with Crippen molar-refractivity contribution in [1.82, 2.24) is 0 Å². The fourth-order valence-electron chi connectivity index (χ4n) is 0.278. The van der Waals surface area contributed by atoms with Gasteiger partial charge in [0.1, 0.15) is 0 Å². The summed E-state index contributed by atoms with van der Waals surface area (Å²) in [7, 11) is 0. The van der Waals surface area contributed by atoms with Gasteiger partial charge < -0.3 is 5.73 Å². The average molecular weight is 168 g/mol. The Hall–Kier alpha value is 0.270. The van der Waals surface area contributed by atoms with E-state index in [1.807, 2.05) is 0 Å². The van der Waals surface area contributed by atoms with Gasteiger partial charge in [0.15, 0.2) is 0 Å². The summed E-state index contributed by atoms with van der Waals surface area (Å²) in [5.41, 5.74) is 5.34. The van der Waals surface area contributed by atoms with E-state index in [1.54, 1.807) is 13.8 Å². The van der Waals surface area contributed by atoms with Crippen LogP contribution in [0.15, 0.2) is 0 Å². The third kappa shape index (κ3) is 3.08. The summed E-state index contributed by atoms with van der Waals surface area (Å²) in [4.78, 5) is 10.4. The highest BCUT2D eigenvalue weighted by atomic mass is 35.5. The van der Waals surface area contributed by atoms with Gasteiger partial charge >= 0.3 is 0 Å². The van der Waals surface area contributed by atoms with E-state index in [4.69, 9.17) is 17.3 Å². The van der Waals surface area contributed by atoms with Crippen LogP contribution >= 0.6 is 24.2 Å². The van der Waals surface area contributed by atoms with Crippen molar-refractivity contribution >= 4 is 29.5 Å². The van der Waals surface area contributed by atoms with E-state index in [-0.39, 0.29) is 0 Å². The average Bonchev–Trinajstić information content (AvgIpc) is 1.62. The molecule has 1 atom stereocenters. The van der Waals surface area contributed by atoms with Gasteiger partial charge in [0, 0.05) is 4.75 Å². The quantitative estimate of drug-likeness (QED) is 0.472. The number of hydrogen-bond donors (Lipinski definition) is 2. The number of halogens is 1. The van der Waals surface area contributed by atoms with Crippen LogP contribution in [-0.2, 0) is 4.79 Å². The van der Waals surface area contributed by atoms with Crippen molar-refractivity contribution in [3.8, 4) is 0 Å². The molecule has 54 valence electrons. The number of rotatable bonds is 2. The molecule has 0 aromatic rings. The lowest BCUT2D eigenvalue weighted by molar-refractivity contribution is -0.113. The normalized spacial score (nSPS) is 15.2. The van der Waals surface area contributed by atoms with Crippen molar-refractivity contribution in [3.63, 3.8) is 0 Å². The molecule has 2 N–H and O–H groups in total. The number of carbonyl (C=O) groups is 1. The van der Waals surface area contributed by atoms with Gasteiger partial charge in [0.25, 0.3) is 0 Å². The molecule has 0 aliphatic heterocycles. The first-order valence-corrected chi connectivity index (χ1v) is 3.35. The molecular formula is C5H10ClNOS. The zero-order chi connectivity index (χ0) is 7.65. The van der Waals surface area contributed by atoms with E-state index in [2.05, 4.69) is 12.6 Å². The summed E-state index contributed by atoms with van der Waals surface area (Å²) in [5.74, 6) is 0. The lowest BCUT2D eigenvalue weighted by Gasteiger charge is -2.21. The minimum Gasteiger partial charge on any atom is -0.319 e. The predicted octanol–water partition coefficient (Wildman–Crippen LogP) is 0.788. The molecule has 9 heavy (non-hydrogen) atoms. The summed E-state index contributed by atoms with van der Waals surface area (Å²) < 4.78 is -0.529. The van der Waals surface area contributed by atoms with Gasteiger partial charge in [-0.3, -0.25) is 4.79 Å². The molecule has 2 nitrogen and oxygen atoms in total. The number of hydrogen-bond acceptors (Lipinski definition) is 3. The van der Waals surface area contributed by atoms with Gasteiger partial charge in [0.05, 0.1) is 6.04 Å². The molecule has 0 fully saturated rings. The Morgan fingerprint density at radius 3 is 2.11 bits per heavy atom. The monoisotopic (exact) mass is 167 g/mol. The number of carbonyl (C=O) groups excluding carboxylic acids is 1. The lowest BCUT2D eigenvalue weighted by atomic mass is 10.1. The van der Waals surface area contributed by atoms with Crippen LogP contribution in [0.4, 0.5) is 0 Å². The van der Waals surface area contributed by atoms with Crippen molar-refractivity contribution in [2.24, 2.45) is 5.73 Å². The number of thiol groups is 1. The highest BCUT2D eigenvalue weighted by Crippen LogP contribution is 2.16. The maximum atomic E-state index is 10.4. The maximum absolute atomic E-state index is 10.4. The first kappa shape index (κ1) is 9.27. The van der Waals surface area contributed by atoms with Gasteiger partial charge in [-0.25, -0.2) is 0 Å². The van der Waals surface area contributed by atoms with Crippen LogP contribution < -0.4 is 5.73 Å². The van der Waals surface area contributed by atoms with Crippen LogP contribution in [-0.4, -0.2) is 16.0 Å². The fourth-order valence-corrected chi connectivity index (χ4v) is 0.744. The van der Waals surface area contributed by atoms with Crippen molar-refractivity contribution in [2.45, 2.75) is 24.6 Å². The molecule has 0 aliphatic rings. The molecule has 0 saturated carbocycles. The summed E-state index contributed by atoms with van der Waals surface area (Å²) in [6, 6.07) is -0.692.